The lowest BCUT2D eigenvalue weighted by atomic mass is 10.1. The van der Waals surface area contributed by atoms with Crippen molar-refractivity contribution < 1.29 is 0 Å². The topological polar surface area (TPSA) is 15.8 Å². The van der Waals surface area contributed by atoms with Gasteiger partial charge in [0.1, 0.15) is 0 Å². The van der Waals surface area contributed by atoms with Crippen LogP contribution in [0.5, 0.6) is 0 Å². The van der Waals surface area contributed by atoms with Gasteiger partial charge in [0, 0.05) is 41.6 Å². The Labute approximate surface area is 120 Å². The fourth-order valence-corrected chi connectivity index (χ4v) is 4.17. The van der Waals surface area contributed by atoms with Crippen LogP contribution in [0.25, 0.3) is 43.2 Å². The first-order valence-electron chi connectivity index (χ1n) is 6.74. The SMILES string of the molecule is C=c1[nH]c2cc3sc4ccccc4c3cc2c1=C(C)C. The summed E-state index contributed by atoms with van der Waals surface area (Å²) in [4.78, 5) is 3.42. The van der Waals surface area contributed by atoms with Crippen LogP contribution in [0.4, 0.5) is 0 Å². The summed E-state index contributed by atoms with van der Waals surface area (Å²) >= 11 is 1.85. The molecule has 0 atom stereocenters. The summed E-state index contributed by atoms with van der Waals surface area (Å²) in [7, 11) is 0. The van der Waals surface area contributed by atoms with Gasteiger partial charge in [-0.15, -0.1) is 11.3 Å². The maximum atomic E-state index is 4.14. The van der Waals surface area contributed by atoms with E-state index in [2.05, 4.69) is 61.8 Å². The summed E-state index contributed by atoms with van der Waals surface area (Å²) in [5.74, 6) is 0. The van der Waals surface area contributed by atoms with Gasteiger partial charge in [0.2, 0.25) is 0 Å². The maximum Gasteiger partial charge on any atom is 0.0479 e. The second kappa shape index (κ2) is 3.97. The van der Waals surface area contributed by atoms with Gasteiger partial charge >= 0.3 is 0 Å². The minimum Gasteiger partial charge on any atom is -0.355 e. The highest BCUT2D eigenvalue weighted by atomic mass is 32.1. The number of H-pyrrole nitrogens is 1. The van der Waals surface area contributed by atoms with Crippen molar-refractivity contribution in [2.24, 2.45) is 0 Å². The van der Waals surface area contributed by atoms with Crippen LogP contribution < -0.4 is 10.6 Å². The maximum absolute atomic E-state index is 4.14. The first-order valence-corrected chi connectivity index (χ1v) is 7.56. The summed E-state index contributed by atoms with van der Waals surface area (Å²) < 4.78 is 2.68. The van der Waals surface area contributed by atoms with Crippen molar-refractivity contribution in [1.82, 2.24) is 4.98 Å². The number of nitrogens with one attached hydrogen (secondary N) is 1. The van der Waals surface area contributed by atoms with Gasteiger partial charge in [-0.2, -0.15) is 0 Å². The molecule has 0 fully saturated rings. The summed E-state index contributed by atoms with van der Waals surface area (Å²) in [5.41, 5.74) is 2.49. The Bertz CT molecular complexity index is 1080. The van der Waals surface area contributed by atoms with Crippen LogP contribution in [0.2, 0.25) is 0 Å². The van der Waals surface area contributed by atoms with E-state index < -0.39 is 0 Å². The zero-order chi connectivity index (χ0) is 13.9. The molecule has 20 heavy (non-hydrogen) atoms. The Morgan fingerprint density at radius 3 is 2.60 bits per heavy atom. The minimum absolute atomic E-state index is 1.02. The van der Waals surface area contributed by atoms with Crippen molar-refractivity contribution in [1.29, 1.82) is 0 Å². The van der Waals surface area contributed by atoms with Crippen LogP contribution >= 0.6 is 11.3 Å². The number of aromatic amines is 1. The van der Waals surface area contributed by atoms with E-state index in [9.17, 15) is 0 Å². The monoisotopic (exact) mass is 277 g/mol. The van der Waals surface area contributed by atoms with E-state index in [1.807, 2.05) is 11.3 Å². The van der Waals surface area contributed by atoms with Gasteiger partial charge in [0.25, 0.3) is 0 Å². The van der Waals surface area contributed by atoms with E-state index in [4.69, 9.17) is 0 Å². The van der Waals surface area contributed by atoms with Crippen molar-refractivity contribution in [3.63, 3.8) is 0 Å². The molecule has 2 aromatic heterocycles. The van der Waals surface area contributed by atoms with Gasteiger partial charge in [0.05, 0.1) is 0 Å². The average Bonchev–Trinajstić information content (AvgIpc) is 2.91. The van der Waals surface area contributed by atoms with Gasteiger partial charge in [-0.25, -0.2) is 0 Å². The number of hydrogen-bond acceptors (Lipinski definition) is 1. The Morgan fingerprint density at radius 2 is 1.80 bits per heavy atom. The van der Waals surface area contributed by atoms with Crippen molar-refractivity contribution in [3.05, 3.63) is 47.0 Å². The molecule has 0 saturated heterocycles. The van der Waals surface area contributed by atoms with Gasteiger partial charge in [-0.1, -0.05) is 30.4 Å². The molecule has 0 saturated carbocycles. The zero-order valence-electron chi connectivity index (χ0n) is 11.6. The molecule has 1 N–H and O–H groups in total. The van der Waals surface area contributed by atoms with Gasteiger partial charge in [-0.05, 0) is 32.0 Å². The van der Waals surface area contributed by atoms with Crippen molar-refractivity contribution >= 4 is 54.6 Å². The van der Waals surface area contributed by atoms with Crippen molar-refractivity contribution in [2.75, 3.05) is 0 Å². The number of fused-ring (bicyclic) bond motifs is 4. The van der Waals surface area contributed by atoms with E-state index in [0.29, 0.717) is 0 Å². The molecule has 0 spiro atoms. The molecule has 0 aliphatic carbocycles. The molecule has 0 radical (unpaired) electrons. The standard InChI is InChI=1S/C18H15NS/c1-10(2)18-11(3)19-15-9-17-13(8-14(15)18)12-6-4-5-7-16(12)20-17/h4-9,19H,3H2,1-2H3. The lowest BCUT2D eigenvalue weighted by molar-refractivity contribution is 1.35. The van der Waals surface area contributed by atoms with Crippen LogP contribution in [-0.2, 0) is 0 Å². The molecule has 98 valence electrons. The van der Waals surface area contributed by atoms with Crippen molar-refractivity contribution in [2.45, 2.75) is 13.8 Å². The molecular weight excluding hydrogens is 262 g/mol. The second-order valence-electron chi connectivity index (χ2n) is 5.47. The first-order chi connectivity index (χ1) is 9.65. The van der Waals surface area contributed by atoms with Crippen LogP contribution in [0.1, 0.15) is 13.8 Å². The molecule has 0 bridgehead atoms. The molecule has 2 heteroatoms. The van der Waals surface area contributed by atoms with E-state index in [1.54, 1.807) is 0 Å². The number of rotatable bonds is 0. The highest BCUT2D eigenvalue weighted by molar-refractivity contribution is 7.25. The van der Waals surface area contributed by atoms with Crippen molar-refractivity contribution in [3.8, 4) is 0 Å². The smallest absolute Gasteiger partial charge is 0.0479 e. The molecule has 0 aliphatic heterocycles. The third-order valence-corrected chi connectivity index (χ3v) is 5.01. The third-order valence-electron chi connectivity index (χ3n) is 3.87. The van der Waals surface area contributed by atoms with Gasteiger partial charge in [0.15, 0.2) is 0 Å². The molecular formula is C18H15NS. The Kier molecular flexibility index (Phi) is 2.33. The largest absolute Gasteiger partial charge is 0.355 e. The molecule has 0 aliphatic rings. The first kappa shape index (κ1) is 11.7. The second-order valence-corrected chi connectivity index (χ2v) is 6.55. The van der Waals surface area contributed by atoms with Crippen LogP contribution in [0.3, 0.4) is 0 Å². The van der Waals surface area contributed by atoms with Gasteiger partial charge < -0.3 is 4.98 Å². The molecule has 2 aromatic carbocycles. The van der Waals surface area contributed by atoms with E-state index in [1.165, 1.54) is 41.9 Å². The number of hydrogen-bond donors (Lipinski definition) is 1. The molecule has 1 nitrogen and oxygen atoms in total. The van der Waals surface area contributed by atoms with Crippen LogP contribution in [0, 0.1) is 0 Å². The van der Waals surface area contributed by atoms with Crippen LogP contribution in [0.15, 0.2) is 36.4 Å². The fourth-order valence-electron chi connectivity index (χ4n) is 3.04. The van der Waals surface area contributed by atoms with E-state index in [0.717, 1.165) is 5.35 Å². The minimum atomic E-state index is 1.02. The molecule has 2 heterocycles. The quantitative estimate of drug-likeness (QED) is 0.497. The number of aromatic nitrogens is 1. The highest BCUT2D eigenvalue weighted by Crippen LogP contribution is 2.35. The zero-order valence-corrected chi connectivity index (χ0v) is 12.4. The summed E-state index contributed by atoms with van der Waals surface area (Å²) in [6.45, 7) is 8.44. The Morgan fingerprint density at radius 1 is 1.00 bits per heavy atom. The van der Waals surface area contributed by atoms with Crippen LogP contribution in [-0.4, -0.2) is 4.98 Å². The van der Waals surface area contributed by atoms with Gasteiger partial charge in [-0.3, -0.25) is 0 Å². The fraction of sp³-hybridized carbons (Fsp3) is 0.111. The number of thiophene rings is 1. The van der Waals surface area contributed by atoms with E-state index >= 15 is 0 Å². The predicted octanol–water partition coefficient (Wildman–Crippen LogP) is 4.14. The molecule has 0 amide bonds. The molecule has 0 unspecified atom stereocenters. The van der Waals surface area contributed by atoms with E-state index in [-0.39, 0.29) is 0 Å². The highest BCUT2D eigenvalue weighted by Gasteiger charge is 2.08. The summed E-state index contributed by atoms with van der Waals surface area (Å²) in [6, 6.07) is 13.2. The third kappa shape index (κ3) is 1.49. The molecule has 4 aromatic rings. The summed E-state index contributed by atoms with van der Waals surface area (Å²) in [5, 5.41) is 6.26. The molecule has 4 rings (SSSR count). The Balaban J connectivity index is 2.32. The number of benzene rings is 2. The lowest BCUT2D eigenvalue weighted by Gasteiger charge is -1.94. The predicted molar refractivity (Wildman–Crippen MR) is 90.7 cm³/mol. The Hall–Kier alpha value is -2.06. The lowest BCUT2D eigenvalue weighted by Crippen LogP contribution is -2.22. The average molecular weight is 277 g/mol. The normalized spacial score (nSPS) is 11.7. The summed E-state index contributed by atoms with van der Waals surface area (Å²) in [6.07, 6.45) is 0.